The highest BCUT2D eigenvalue weighted by Crippen LogP contribution is 2.31. The van der Waals surface area contributed by atoms with Gasteiger partial charge in [0.25, 0.3) is 0 Å². The fraction of sp³-hybridized carbons (Fsp3) is 0.200. The Hall–Kier alpha value is -1.41. The molecule has 2 rings (SSSR count). The molecule has 0 unspecified atom stereocenters. The average Bonchev–Trinajstić information content (AvgIpc) is 2.32. The number of hydrogen-bond donors (Lipinski definition) is 0. The van der Waals surface area contributed by atoms with E-state index in [2.05, 4.69) is 56.3 Å². The van der Waals surface area contributed by atoms with Gasteiger partial charge in [-0.05, 0) is 43.7 Å². The van der Waals surface area contributed by atoms with Crippen molar-refractivity contribution in [3.8, 4) is 5.75 Å². The van der Waals surface area contributed by atoms with E-state index < -0.39 is 0 Å². The third-order valence-corrected chi connectivity index (χ3v) is 3.58. The van der Waals surface area contributed by atoms with Crippen molar-refractivity contribution >= 4 is 11.8 Å². The molecule has 2 aromatic carbocycles. The Morgan fingerprint density at radius 3 is 2.41 bits per heavy atom. The minimum Gasteiger partial charge on any atom is -0.496 e. The van der Waals surface area contributed by atoms with Gasteiger partial charge in [0.1, 0.15) is 5.75 Å². The first-order valence-electron chi connectivity index (χ1n) is 5.58. The van der Waals surface area contributed by atoms with Crippen molar-refractivity contribution in [1.29, 1.82) is 0 Å². The summed E-state index contributed by atoms with van der Waals surface area (Å²) >= 11 is 1.76. The molecule has 0 heterocycles. The van der Waals surface area contributed by atoms with Gasteiger partial charge in [-0.1, -0.05) is 35.5 Å². The molecule has 0 amide bonds. The molecule has 0 radical (unpaired) electrons. The number of hydrogen-bond acceptors (Lipinski definition) is 2. The van der Waals surface area contributed by atoms with E-state index in [-0.39, 0.29) is 0 Å². The second-order valence-corrected chi connectivity index (χ2v) is 5.20. The van der Waals surface area contributed by atoms with E-state index in [4.69, 9.17) is 4.74 Å². The highest BCUT2D eigenvalue weighted by Gasteiger charge is 2.02. The number of rotatable bonds is 3. The monoisotopic (exact) mass is 244 g/mol. The predicted octanol–water partition coefficient (Wildman–Crippen LogP) is 4.46. The van der Waals surface area contributed by atoms with Gasteiger partial charge >= 0.3 is 0 Å². The Bertz CT molecular complexity index is 520. The molecule has 0 N–H and O–H groups in total. The molecule has 2 heteroatoms. The Morgan fingerprint density at radius 1 is 0.941 bits per heavy atom. The van der Waals surface area contributed by atoms with Crippen molar-refractivity contribution in [2.24, 2.45) is 0 Å². The van der Waals surface area contributed by atoms with Crippen molar-refractivity contribution in [3.63, 3.8) is 0 Å². The highest BCUT2D eigenvalue weighted by molar-refractivity contribution is 7.99. The van der Waals surface area contributed by atoms with Crippen LogP contribution < -0.4 is 4.74 Å². The lowest BCUT2D eigenvalue weighted by Crippen LogP contribution is -1.87. The minimum absolute atomic E-state index is 0.947. The molecule has 0 atom stereocenters. The van der Waals surface area contributed by atoms with Gasteiger partial charge < -0.3 is 4.74 Å². The normalized spacial score (nSPS) is 10.3. The Kier molecular flexibility index (Phi) is 3.75. The fourth-order valence-corrected chi connectivity index (χ4v) is 2.64. The summed E-state index contributed by atoms with van der Waals surface area (Å²) < 4.78 is 5.33. The molecular weight excluding hydrogens is 228 g/mol. The maximum absolute atomic E-state index is 5.33. The van der Waals surface area contributed by atoms with Gasteiger partial charge in [-0.3, -0.25) is 0 Å². The van der Waals surface area contributed by atoms with Crippen LogP contribution in [-0.2, 0) is 0 Å². The molecule has 0 fully saturated rings. The predicted molar refractivity (Wildman–Crippen MR) is 73.0 cm³/mol. The zero-order valence-corrected chi connectivity index (χ0v) is 11.2. The highest BCUT2D eigenvalue weighted by atomic mass is 32.2. The summed E-state index contributed by atoms with van der Waals surface area (Å²) in [6.45, 7) is 4.17. The van der Waals surface area contributed by atoms with E-state index in [1.807, 2.05) is 0 Å². The standard InChI is InChI=1S/C15H16OS/c1-11-5-4-6-13(9-11)17-14-8-7-12(2)15(10-14)16-3/h4-10H,1-3H3. The van der Waals surface area contributed by atoms with Gasteiger partial charge in [0.2, 0.25) is 0 Å². The van der Waals surface area contributed by atoms with Crippen molar-refractivity contribution in [2.75, 3.05) is 7.11 Å². The van der Waals surface area contributed by atoms with Crippen molar-refractivity contribution in [2.45, 2.75) is 23.6 Å². The summed E-state index contributed by atoms with van der Waals surface area (Å²) in [5, 5.41) is 0. The number of aryl methyl sites for hydroxylation is 2. The molecule has 0 aliphatic rings. The molecule has 0 aliphatic carbocycles. The first-order valence-corrected chi connectivity index (χ1v) is 6.40. The van der Waals surface area contributed by atoms with Gasteiger partial charge in [0.15, 0.2) is 0 Å². The smallest absolute Gasteiger partial charge is 0.122 e. The van der Waals surface area contributed by atoms with Gasteiger partial charge in [-0.2, -0.15) is 0 Å². The first kappa shape index (κ1) is 12.1. The molecule has 0 saturated carbocycles. The average molecular weight is 244 g/mol. The summed E-state index contributed by atoms with van der Waals surface area (Å²) in [4.78, 5) is 2.47. The second-order valence-electron chi connectivity index (χ2n) is 4.05. The van der Waals surface area contributed by atoms with E-state index in [9.17, 15) is 0 Å². The minimum atomic E-state index is 0.947. The molecule has 0 spiro atoms. The molecule has 0 bridgehead atoms. The van der Waals surface area contributed by atoms with Crippen LogP contribution in [0.2, 0.25) is 0 Å². The molecule has 2 aromatic rings. The van der Waals surface area contributed by atoms with Gasteiger partial charge in [0.05, 0.1) is 7.11 Å². The SMILES string of the molecule is COc1cc(Sc2cccc(C)c2)ccc1C. The third kappa shape index (κ3) is 3.04. The van der Waals surface area contributed by atoms with Crippen LogP contribution in [-0.4, -0.2) is 7.11 Å². The fourth-order valence-electron chi connectivity index (χ4n) is 1.68. The zero-order chi connectivity index (χ0) is 12.3. The van der Waals surface area contributed by atoms with Crippen LogP contribution in [0.5, 0.6) is 5.75 Å². The van der Waals surface area contributed by atoms with Crippen LogP contribution in [0.15, 0.2) is 52.3 Å². The number of ether oxygens (including phenoxy) is 1. The second kappa shape index (κ2) is 5.28. The third-order valence-electron chi connectivity index (χ3n) is 2.60. The van der Waals surface area contributed by atoms with Gasteiger partial charge in [0, 0.05) is 9.79 Å². The lowest BCUT2D eigenvalue weighted by Gasteiger charge is -2.07. The summed E-state index contributed by atoms with van der Waals surface area (Å²) in [6.07, 6.45) is 0. The topological polar surface area (TPSA) is 9.23 Å². The summed E-state index contributed by atoms with van der Waals surface area (Å²) in [6, 6.07) is 14.8. The van der Waals surface area contributed by atoms with E-state index in [0.717, 1.165) is 5.75 Å². The first-order chi connectivity index (χ1) is 8.19. The Balaban J connectivity index is 2.24. The zero-order valence-electron chi connectivity index (χ0n) is 10.4. The summed E-state index contributed by atoms with van der Waals surface area (Å²) in [5.41, 5.74) is 2.45. The van der Waals surface area contributed by atoms with Crippen molar-refractivity contribution in [3.05, 3.63) is 53.6 Å². The number of methoxy groups -OCH3 is 1. The van der Waals surface area contributed by atoms with Crippen LogP contribution in [0, 0.1) is 13.8 Å². The van der Waals surface area contributed by atoms with Gasteiger partial charge in [-0.15, -0.1) is 0 Å². The molecule has 0 aromatic heterocycles. The maximum Gasteiger partial charge on any atom is 0.122 e. The molecule has 1 nitrogen and oxygen atoms in total. The Labute approximate surface area is 107 Å². The quantitative estimate of drug-likeness (QED) is 0.788. The van der Waals surface area contributed by atoms with Crippen LogP contribution in [0.3, 0.4) is 0 Å². The van der Waals surface area contributed by atoms with E-state index in [1.54, 1.807) is 18.9 Å². The van der Waals surface area contributed by atoms with Crippen LogP contribution in [0.1, 0.15) is 11.1 Å². The molecule has 17 heavy (non-hydrogen) atoms. The van der Waals surface area contributed by atoms with E-state index >= 15 is 0 Å². The lowest BCUT2D eigenvalue weighted by atomic mass is 10.2. The van der Waals surface area contributed by atoms with Gasteiger partial charge in [-0.25, -0.2) is 0 Å². The maximum atomic E-state index is 5.33. The van der Waals surface area contributed by atoms with Crippen LogP contribution in [0.25, 0.3) is 0 Å². The van der Waals surface area contributed by atoms with Crippen molar-refractivity contribution in [1.82, 2.24) is 0 Å². The lowest BCUT2D eigenvalue weighted by molar-refractivity contribution is 0.410. The molecule has 0 aliphatic heterocycles. The molecular formula is C15H16OS. The largest absolute Gasteiger partial charge is 0.496 e. The van der Waals surface area contributed by atoms with Crippen LogP contribution >= 0.6 is 11.8 Å². The molecule has 88 valence electrons. The molecule has 0 saturated heterocycles. The van der Waals surface area contributed by atoms with E-state index in [1.165, 1.54) is 20.9 Å². The van der Waals surface area contributed by atoms with E-state index in [0.29, 0.717) is 0 Å². The van der Waals surface area contributed by atoms with Crippen molar-refractivity contribution < 1.29 is 4.74 Å². The van der Waals surface area contributed by atoms with Crippen LogP contribution in [0.4, 0.5) is 0 Å². The summed E-state index contributed by atoms with van der Waals surface area (Å²) in [7, 11) is 1.71. The number of benzene rings is 2. The summed E-state index contributed by atoms with van der Waals surface area (Å²) in [5.74, 6) is 0.947. The Morgan fingerprint density at radius 2 is 1.71 bits per heavy atom.